The molecule has 6 nitrogen and oxygen atoms in total. The molecule has 3 aromatic rings. The minimum absolute atomic E-state index is 0.0965. The van der Waals surface area contributed by atoms with Crippen LogP contribution in [0.4, 0.5) is 19.0 Å². The summed E-state index contributed by atoms with van der Waals surface area (Å²) in [6, 6.07) is 10.2. The number of aromatic nitrogens is 3. The van der Waals surface area contributed by atoms with E-state index in [9.17, 15) is 18.0 Å². The third-order valence-corrected chi connectivity index (χ3v) is 5.09. The van der Waals surface area contributed by atoms with Crippen molar-refractivity contribution in [3.63, 3.8) is 0 Å². The van der Waals surface area contributed by atoms with E-state index in [0.29, 0.717) is 11.4 Å². The monoisotopic (exact) mass is 441 g/mol. The Bertz CT molecular complexity index is 1090. The van der Waals surface area contributed by atoms with Gasteiger partial charge in [0.05, 0.1) is 11.4 Å². The lowest BCUT2D eigenvalue weighted by molar-refractivity contribution is 0.0951. The van der Waals surface area contributed by atoms with Crippen molar-refractivity contribution in [3.05, 3.63) is 71.6 Å². The van der Waals surface area contributed by atoms with Gasteiger partial charge in [0.2, 0.25) is 0 Å². The molecule has 166 valence electrons. The highest BCUT2D eigenvalue weighted by molar-refractivity contribution is 5.95. The Morgan fingerprint density at radius 3 is 2.66 bits per heavy atom. The van der Waals surface area contributed by atoms with Gasteiger partial charge in [-0.25, -0.2) is 13.2 Å². The van der Waals surface area contributed by atoms with E-state index >= 15 is 0 Å². The highest BCUT2D eigenvalue weighted by atomic mass is 19.1. The molecule has 1 atom stereocenters. The van der Waals surface area contributed by atoms with Gasteiger partial charge in [-0.3, -0.25) is 9.78 Å². The Hall–Kier alpha value is -3.49. The van der Waals surface area contributed by atoms with E-state index in [1.54, 1.807) is 12.1 Å². The number of pyridine rings is 1. The minimum Gasteiger partial charge on any atom is -0.368 e. The van der Waals surface area contributed by atoms with Crippen molar-refractivity contribution in [2.24, 2.45) is 0 Å². The summed E-state index contributed by atoms with van der Waals surface area (Å²) in [5, 5.41) is 13.8. The molecule has 0 spiro atoms. The maximum atomic E-state index is 14.3. The zero-order chi connectivity index (χ0) is 22.5. The number of hydrogen-bond acceptors (Lipinski definition) is 5. The predicted molar refractivity (Wildman–Crippen MR) is 114 cm³/mol. The van der Waals surface area contributed by atoms with E-state index in [1.165, 1.54) is 36.5 Å². The molecule has 4 rings (SSSR count). The first-order valence-corrected chi connectivity index (χ1v) is 10.4. The van der Waals surface area contributed by atoms with Crippen LogP contribution in [-0.2, 0) is 6.42 Å². The third kappa shape index (κ3) is 5.60. The van der Waals surface area contributed by atoms with E-state index in [2.05, 4.69) is 25.8 Å². The molecule has 0 radical (unpaired) electrons. The van der Waals surface area contributed by atoms with Crippen LogP contribution in [0, 0.1) is 11.6 Å². The zero-order valence-corrected chi connectivity index (χ0v) is 17.2. The average Bonchev–Trinajstić information content (AvgIpc) is 3.60. The Balaban J connectivity index is 1.33. The molecule has 2 heterocycles. The van der Waals surface area contributed by atoms with E-state index in [1.807, 2.05) is 0 Å². The topological polar surface area (TPSA) is 79.8 Å². The number of nitrogens with one attached hydrogen (secondary N) is 2. The molecule has 0 bridgehead atoms. The van der Waals surface area contributed by atoms with Gasteiger partial charge in [-0.05, 0) is 61.7 Å². The van der Waals surface area contributed by atoms with Gasteiger partial charge >= 0.3 is 0 Å². The first-order valence-electron chi connectivity index (χ1n) is 10.4. The summed E-state index contributed by atoms with van der Waals surface area (Å²) in [5.74, 6) is -0.879. The summed E-state index contributed by atoms with van der Waals surface area (Å²) in [6.45, 7) is 0.259. The zero-order valence-electron chi connectivity index (χ0n) is 17.2. The van der Waals surface area contributed by atoms with E-state index < -0.39 is 17.8 Å². The summed E-state index contributed by atoms with van der Waals surface area (Å²) < 4.78 is 42.0. The molecular formula is C23H22F3N5O. The molecule has 0 saturated heterocycles. The number of hydrogen-bond donors (Lipinski definition) is 2. The maximum Gasteiger partial charge on any atom is 0.251 e. The quantitative estimate of drug-likeness (QED) is 0.523. The van der Waals surface area contributed by atoms with Crippen molar-refractivity contribution < 1.29 is 18.0 Å². The summed E-state index contributed by atoms with van der Waals surface area (Å²) in [4.78, 5) is 16.1. The van der Waals surface area contributed by atoms with Gasteiger partial charge in [0, 0.05) is 36.3 Å². The summed E-state index contributed by atoms with van der Waals surface area (Å²) >= 11 is 0. The normalized spacial score (nSPS) is 14.1. The summed E-state index contributed by atoms with van der Waals surface area (Å²) in [5.41, 5.74) is 0.909. The summed E-state index contributed by atoms with van der Waals surface area (Å²) in [6.07, 6.45) is 2.11. The van der Waals surface area contributed by atoms with Crippen LogP contribution in [0.25, 0.3) is 11.3 Å². The first kappa shape index (κ1) is 21.7. The molecule has 2 aromatic heterocycles. The highest BCUT2D eigenvalue weighted by Gasteiger charge is 2.24. The number of anilines is 1. The third-order valence-electron chi connectivity index (χ3n) is 5.09. The number of alkyl halides is 1. The Morgan fingerprint density at radius 1 is 1.09 bits per heavy atom. The molecule has 2 N–H and O–H groups in total. The minimum atomic E-state index is -1.27. The number of carbonyl (C=O) groups is 1. The lowest BCUT2D eigenvalue weighted by atomic mass is 10.1. The molecule has 1 fully saturated rings. The lowest BCUT2D eigenvalue weighted by Gasteiger charge is -2.10. The number of carbonyl (C=O) groups excluding carboxylic acids is 1. The van der Waals surface area contributed by atoms with Crippen molar-refractivity contribution in [1.29, 1.82) is 0 Å². The number of rotatable bonds is 9. The number of nitrogens with zero attached hydrogens (tertiary/aromatic N) is 3. The van der Waals surface area contributed by atoms with Crippen LogP contribution in [-0.4, -0.2) is 39.8 Å². The second kappa shape index (κ2) is 9.76. The molecule has 1 aliphatic rings. The highest BCUT2D eigenvalue weighted by Crippen LogP contribution is 2.24. The van der Waals surface area contributed by atoms with Crippen LogP contribution in [0.2, 0.25) is 0 Å². The smallest absolute Gasteiger partial charge is 0.251 e. The second-order valence-electron chi connectivity index (χ2n) is 7.69. The van der Waals surface area contributed by atoms with Crippen molar-refractivity contribution >= 4 is 11.7 Å². The second-order valence-corrected chi connectivity index (χ2v) is 7.69. The van der Waals surface area contributed by atoms with Gasteiger partial charge in [0.1, 0.15) is 23.6 Å². The Labute approximate surface area is 183 Å². The van der Waals surface area contributed by atoms with E-state index in [-0.39, 0.29) is 48.3 Å². The molecule has 0 aliphatic heterocycles. The largest absolute Gasteiger partial charge is 0.368 e. The van der Waals surface area contributed by atoms with E-state index in [0.717, 1.165) is 12.8 Å². The van der Waals surface area contributed by atoms with Gasteiger partial charge in [0.25, 0.3) is 5.91 Å². The molecule has 9 heteroatoms. The van der Waals surface area contributed by atoms with Crippen molar-refractivity contribution in [2.45, 2.75) is 37.9 Å². The SMILES string of the molecule is O=C(NC1CC1)c1ccc(F)c(-c2ccc(NCC[C@H](F)Cc3ncccc3F)nn2)c1. The van der Waals surface area contributed by atoms with Crippen molar-refractivity contribution in [3.8, 4) is 11.3 Å². The predicted octanol–water partition coefficient (Wildman–Crippen LogP) is 4.09. The molecule has 32 heavy (non-hydrogen) atoms. The first-order chi connectivity index (χ1) is 15.5. The maximum absolute atomic E-state index is 14.3. The molecule has 1 amide bonds. The van der Waals surface area contributed by atoms with Crippen LogP contribution in [0.15, 0.2) is 48.7 Å². The van der Waals surface area contributed by atoms with Gasteiger partial charge < -0.3 is 10.6 Å². The molecule has 1 aromatic carbocycles. The van der Waals surface area contributed by atoms with Gasteiger partial charge in [-0.2, -0.15) is 0 Å². The number of benzene rings is 1. The van der Waals surface area contributed by atoms with E-state index in [4.69, 9.17) is 0 Å². The number of amides is 1. The standard InChI is InChI=1S/C23H22F3N5O/c24-15(13-21-19(26)2-1-10-27-21)9-11-28-22-8-7-20(30-31-22)17-12-14(3-6-18(17)25)23(32)29-16-4-5-16/h1-3,6-8,10,12,15-16H,4-5,9,11,13H2,(H,28,31)(H,29,32)/t15-/m0/s1. The molecule has 1 aliphatic carbocycles. The molecule has 1 saturated carbocycles. The van der Waals surface area contributed by atoms with Crippen LogP contribution in [0.3, 0.4) is 0 Å². The van der Waals surface area contributed by atoms with Crippen LogP contribution in [0.1, 0.15) is 35.3 Å². The van der Waals surface area contributed by atoms with Crippen molar-refractivity contribution in [2.75, 3.05) is 11.9 Å². The average molecular weight is 441 g/mol. The fourth-order valence-electron chi connectivity index (χ4n) is 3.17. The summed E-state index contributed by atoms with van der Waals surface area (Å²) in [7, 11) is 0. The van der Waals surface area contributed by atoms with Crippen molar-refractivity contribution in [1.82, 2.24) is 20.5 Å². The Morgan fingerprint density at radius 2 is 1.94 bits per heavy atom. The lowest BCUT2D eigenvalue weighted by Crippen LogP contribution is -2.25. The van der Waals surface area contributed by atoms with Gasteiger partial charge in [-0.1, -0.05) is 0 Å². The fourth-order valence-corrected chi connectivity index (χ4v) is 3.17. The van der Waals surface area contributed by atoms with Crippen LogP contribution in [0.5, 0.6) is 0 Å². The molecule has 0 unspecified atom stereocenters. The van der Waals surface area contributed by atoms with Gasteiger partial charge in [-0.15, -0.1) is 10.2 Å². The number of halogens is 3. The Kier molecular flexibility index (Phi) is 6.63. The van der Waals surface area contributed by atoms with Crippen LogP contribution >= 0.6 is 0 Å². The molecular weight excluding hydrogens is 419 g/mol. The van der Waals surface area contributed by atoms with Crippen LogP contribution < -0.4 is 10.6 Å². The van der Waals surface area contributed by atoms with Gasteiger partial charge in [0.15, 0.2) is 0 Å². The fraction of sp³-hybridized carbons (Fsp3) is 0.304.